The van der Waals surface area contributed by atoms with Crippen molar-refractivity contribution >= 4 is 5.82 Å². The minimum atomic E-state index is -4.38. The van der Waals surface area contributed by atoms with Gasteiger partial charge in [0.25, 0.3) is 0 Å². The summed E-state index contributed by atoms with van der Waals surface area (Å²) in [5.41, 5.74) is 0. The monoisotopic (exact) mass is 348 g/mol. The molecule has 0 aromatic carbocycles. The van der Waals surface area contributed by atoms with Gasteiger partial charge in [-0.1, -0.05) is 6.92 Å². The number of nitrogens with zero attached hydrogens (tertiary/aromatic N) is 4. The molecule has 6 nitrogen and oxygen atoms in total. The lowest BCUT2D eigenvalue weighted by Gasteiger charge is -2.41. The van der Waals surface area contributed by atoms with Gasteiger partial charge >= 0.3 is 6.18 Å². The van der Waals surface area contributed by atoms with Crippen LogP contribution < -0.4 is 9.64 Å². The number of anilines is 1. The summed E-state index contributed by atoms with van der Waals surface area (Å²) in [7, 11) is 1.69. The molecule has 0 N–H and O–H groups in total. The molecule has 1 aromatic rings. The molecule has 0 spiro atoms. The molecule has 1 saturated heterocycles. The Labute approximate surface area is 139 Å². The van der Waals surface area contributed by atoms with Crippen molar-refractivity contribution in [2.75, 3.05) is 51.4 Å². The lowest BCUT2D eigenvalue weighted by atomic mass is 10.1. The molecule has 1 atom stereocenters. The van der Waals surface area contributed by atoms with E-state index in [9.17, 15) is 13.2 Å². The lowest BCUT2D eigenvalue weighted by Crippen LogP contribution is -2.54. The fourth-order valence-corrected chi connectivity index (χ4v) is 2.71. The predicted octanol–water partition coefficient (Wildman–Crippen LogP) is 1.96. The summed E-state index contributed by atoms with van der Waals surface area (Å²) in [5, 5.41) is 7.73. The summed E-state index contributed by atoms with van der Waals surface area (Å²) >= 11 is 0. The van der Waals surface area contributed by atoms with Crippen LogP contribution in [0.25, 0.3) is 0 Å². The molecule has 0 aliphatic carbocycles. The quantitative estimate of drug-likeness (QED) is 0.751. The van der Waals surface area contributed by atoms with Gasteiger partial charge in [-0.15, -0.1) is 10.2 Å². The van der Waals surface area contributed by atoms with Gasteiger partial charge in [-0.3, -0.25) is 4.90 Å². The largest absolute Gasteiger partial charge is 0.467 e. The van der Waals surface area contributed by atoms with E-state index in [1.54, 1.807) is 13.2 Å². The van der Waals surface area contributed by atoms with Crippen LogP contribution in [-0.4, -0.2) is 73.8 Å². The Morgan fingerprint density at radius 3 is 2.62 bits per heavy atom. The number of hydrogen-bond donors (Lipinski definition) is 0. The average Bonchev–Trinajstić information content (AvgIpc) is 2.58. The first-order valence-electron chi connectivity index (χ1n) is 7.94. The summed E-state index contributed by atoms with van der Waals surface area (Å²) in [5.74, 6) is 0.529. The second-order valence-electron chi connectivity index (χ2n) is 5.67. The van der Waals surface area contributed by atoms with E-state index in [4.69, 9.17) is 4.74 Å². The number of aromatic nitrogens is 2. The molecule has 1 aromatic heterocycles. The normalized spacial score (nSPS) is 19.5. The highest BCUT2D eigenvalue weighted by Crippen LogP contribution is 2.21. The van der Waals surface area contributed by atoms with Gasteiger partial charge in [0, 0.05) is 45.4 Å². The van der Waals surface area contributed by atoms with E-state index >= 15 is 0 Å². The van der Waals surface area contributed by atoms with Crippen LogP contribution in [0, 0.1) is 0 Å². The number of methoxy groups -OCH3 is 1. The first kappa shape index (κ1) is 18.7. The molecular weight excluding hydrogens is 325 g/mol. The highest BCUT2D eigenvalue weighted by molar-refractivity contribution is 5.39. The smallest absolute Gasteiger partial charge is 0.422 e. The van der Waals surface area contributed by atoms with Crippen LogP contribution in [0.15, 0.2) is 12.1 Å². The zero-order valence-electron chi connectivity index (χ0n) is 13.9. The van der Waals surface area contributed by atoms with Gasteiger partial charge in [0.2, 0.25) is 5.88 Å². The summed E-state index contributed by atoms with van der Waals surface area (Å²) in [4.78, 5) is 4.48. The molecule has 1 aliphatic rings. The van der Waals surface area contributed by atoms with Crippen molar-refractivity contribution in [3.8, 4) is 5.88 Å². The second-order valence-corrected chi connectivity index (χ2v) is 5.67. The number of ether oxygens (including phenoxy) is 2. The van der Waals surface area contributed by atoms with Crippen LogP contribution in [0.1, 0.15) is 13.3 Å². The number of piperazine rings is 1. The number of halogens is 3. The zero-order valence-corrected chi connectivity index (χ0v) is 13.9. The molecule has 0 bridgehead atoms. The Bertz CT molecular complexity index is 498. The van der Waals surface area contributed by atoms with Gasteiger partial charge in [-0.05, 0) is 12.5 Å². The number of alkyl halides is 3. The number of hydrogen-bond acceptors (Lipinski definition) is 6. The van der Waals surface area contributed by atoms with Crippen molar-refractivity contribution < 1.29 is 22.6 Å². The third-order valence-corrected chi connectivity index (χ3v) is 3.99. The van der Waals surface area contributed by atoms with E-state index in [-0.39, 0.29) is 5.88 Å². The molecule has 24 heavy (non-hydrogen) atoms. The summed E-state index contributed by atoms with van der Waals surface area (Å²) < 4.78 is 46.1. The summed E-state index contributed by atoms with van der Waals surface area (Å²) in [6.07, 6.45) is -3.38. The van der Waals surface area contributed by atoms with Crippen molar-refractivity contribution in [2.45, 2.75) is 25.6 Å². The van der Waals surface area contributed by atoms with Crippen LogP contribution in [0.3, 0.4) is 0 Å². The highest BCUT2D eigenvalue weighted by atomic mass is 19.4. The molecule has 1 fully saturated rings. The summed E-state index contributed by atoms with van der Waals surface area (Å²) in [6.45, 7) is 4.83. The molecule has 2 heterocycles. The highest BCUT2D eigenvalue weighted by Gasteiger charge is 2.29. The molecule has 0 amide bonds. The fraction of sp³-hybridized carbons (Fsp3) is 0.733. The van der Waals surface area contributed by atoms with Crippen molar-refractivity contribution in [2.24, 2.45) is 0 Å². The van der Waals surface area contributed by atoms with Crippen LogP contribution in [0.4, 0.5) is 19.0 Å². The lowest BCUT2D eigenvalue weighted by molar-refractivity contribution is -0.154. The van der Waals surface area contributed by atoms with Crippen molar-refractivity contribution in [1.82, 2.24) is 15.1 Å². The molecule has 0 saturated carbocycles. The average molecular weight is 348 g/mol. The molecule has 0 radical (unpaired) electrons. The van der Waals surface area contributed by atoms with Crippen molar-refractivity contribution in [1.29, 1.82) is 0 Å². The molecular formula is C15H23F3N4O2. The van der Waals surface area contributed by atoms with Crippen LogP contribution >= 0.6 is 0 Å². The maximum atomic E-state index is 12.1. The Morgan fingerprint density at radius 2 is 2.04 bits per heavy atom. The Balaban J connectivity index is 1.92. The standard InChI is InChI=1S/C15H23F3N4O2/c1-3-12-10-22(7-6-21(12)8-9-23-2)13-4-5-14(20-19-13)24-11-15(16,17)18/h4-5,12H,3,6-11H2,1-2H3. The van der Waals surface area contributed by atoms with Gasteiger partial charge < -0.3 is 14.4 Å². The minimum Gasteiger partial charge on any atom is -0.467 e. The summed E-state index contributed by atoms with van der Waals surface area (Å²) in [6, 6.07) is 3.46. The van der Waals surface area contributed by atoms with Gasteiger partial charge in [0.05, 0.1) is 6.61 Å². The van der Waals surface area contributed by atoms with E-state index in [1.165, 1.54) is 6.07 Å². The zero-order chi connectivity index (χ0) is 17.6. The molecule has 136 valence electrons. The van der Waals surface area contributed by atoms with Crippen molar-refractivity contribution in [3.05, 3.63) is 12.1 Å². The van der Waals surface area contributed by atoms with Gasteiger partial charge in [-0.25, -0.2) is 0 Å². The van der Waals surface area contributed by atoms with Gasteiger partial charge in [0.15, 0.2) is 12.4 Å². The Hall–Kier alpha value is -1.61. The second kappa shape index (κ2) is 8.48. The third-order valence-electron chi connectivity index (χ3n) is 3.99. The van der Waals surface area contributed by atoms with Crippen LogP contribution in [-0.2, 0) is 4.74 Å². The SMILES string of the molecule is CCC1CN(c2ccc(OCC(F)(F)F)nn2)CCN1CCOC. The number of rotatable bonds is 7. The first-order chi connectivity index (χ1) is 11.4. The third kappa shape index (κ3) is 5.48. The molecule has 1 unspecified atom stereocenters. The predicted molar refractivity (Wildman–Crippen MR) is 83.3 cm³/mol. The van der Waals surface area contributed by atoms with E-state index in [2.05, 4.69) is 31.7 Å². The maximum absolute atomic E-state index is 12.1. The molecule has 2 rings (SSSR count). The first-order valence-corrected chi connectivity index (χ1v) is 7.94. The molecule has 9 heteroatoms. The van der Waals surface area contributed by atoms with E-state index in [0.717, 1.165) is 32.6 Å². The van der Waals surface area contributed by atoms with Gasteiger partial charge in [0.1, 0.15) is 0 Å². The van der Waals surface area contributed by atoms with Crippen molar-refractivity contribution in [3.63, 3.8) is 0 Å². The van der Waals surface area contributed by atoms with E-state index in [1.807, 2.05) is 0 Å². The minimum absolute atomic E-state index is 0.123. The maximum Gasteiger partial charge on any atom is 0.422 e. The van der Waals surface area contributed by atoms with E-state index in [0.29, 0.717) is 18.5 Å². The Kier molecular flexibility index (Phi) is 6.61. The fourth-order valence-electron chi connectivity index (χ4n) is 2.71. The molecule has 1 aliphatic heterocycles. The Morgan fingerprint density at radius 1 is 1.25 bits per heavy atom. The van der Waals surface area contributed by atoms with Crippen LogP contribution in [0.5, 0.6) is 5.88 Å². The van der Waals surface area contributed by atoms with E-state index < -0.39 is 12.8 Å². The topological polar surface area (TPSA) is 50.7 Å². The van der Waals surface area contributed by atoms with Gasteiger partial charge in [-0.2, -0.15) is 13.2 Å². The van der Waals surface area contributed by atoms with Crippen LogP contribution in [0.2, 0.25) is 0 Å².